The van der Waals surface area contributed by atoms with E-state index in [1.54, 1.807) is 0 Å². The Bertz CT molecular complexity index is 608. The normalized spacial score (nSPS) is 15.6. The first kappa shape index (κ1) is 21.5. The number of amides is 2. The summed E-state index contributed by atoms with van der Waals surface area (Å²) < 4.78 is 0. The highest BCUT2D eigenvalue weighted by molar-refractivity contribution is 5.81. The van der Waals surface area contributed by atoms with Crippen LogP contribution in [-0.2, 0) is 16.0 Å². The Morgan fingerprint density at radius 2 is 1.74 bits per heavy atom. The Labute approximate surface area is 164 Å². The first-order valence-electron chi connectivity index (χ1n) is 10.4. The summed E-state index contributed by atoms with van der Waals surface area (Å²) in [6.07, 6.45) is 5.81. The monoisotopic (exact) mass is 372 g/mol. The van der Waals surface area contributed by atoms with Gasteiger partial charge in [0, 0.05) is 31.5 Å². The van der Waals surface area contributed by atoms with Crippen LogP contribution in [0.2, 0.25) is 0 Å². The summed E-state index contributed by atoms with van der Waals surface area (Å²) in [6.45, 7) is 10.2. The van der Waals surface area contributed by atoms with Gasteiger partial charge in [0.15, 0.2) is 0 Å². The molecule has 1 N–H and O–H groups in total. The molecule has 2 amide bonds. The number of nitrogens with one attached hydrogen (secondary N) is 1. The van der Waals surface area contributed by atoms with Gasteiger partial charge in [0.25, 0.3) is 0 Å². The standard InChI is InChI=1S/C23H36N2O2/c1-18-7-9-19(10-8-18)11-12-20-13-16-25(17-14-20)21(26)6-5-15-24-22(27)23(2,3)4/h7-10,20H,5-6,11-17H2,1-4H3,(H,24,27). The van der Waals surface area contributed by atoms with Crippen molar-refractivity contribution >= 4 is 11.8 Å². The van der Waals surface area contributed by atoms with Gasteiger partial charge < -0.3 is 10.2 Å². The van der Waals surface area contributed by atoms with Gasteiger partial charge in [-0.3, -0.25) is 9.59 Å². The van der Waals surface area contributed by atoms with Crippen LogP contribution in [0.3, 0.4) is 0 Å². The van der Waals surface area contributed by atoms with Gasteiger partial charge >= 0.3 is 0 Å². The van der Waals surface area contributed by atoms with Gasteiger partial charge in [0.05, 0.1) is 0 Å². The molecule has 4 heteroatoms. The second-order valence-electron chi connectivity index (χ2n) is 8.96. The maximum Gasteiger partial charge on any atom is 0.225 e. The van der Waals surface area contributed by atoms with E-state index in [0.717, 1.165) is 38.3 Å². The molecular formula is C23H36N2O2. The van der Waals surface area contributed by atoms with Crippen LogP contribution in [0.15, 0.2) is 24.3 Å². The number of hydrogen-bond acceptors (Lipinski definition) is 2. The van der Waals surface area contributed by atoms with Crippen LogP contribution in [-0.4, -0.2) is 36.3 Å². The van der Waals surface area contributed by atoms with E-state index in [4.69, 9.17) is 0 Å². The number of carbonyl (C=O) groups excluding carboxylic acids is 2. The van der Waals surface area contributed by atoms with Gasteiger partial charge in [0.2, 0.25) is 11.8 Å². The second kappa shape index (κ2) is 9.91. The highest BCUT2D eigenvalue weighted by Crippen LogP contribution is 2.23. The highest BCUT2D eigenvalue weighted by atomic mass is 16.2. The van der Waals surface area contributed by atoms with E-state index < -0.39 is 0 Å². The van der Waals surface area contributed by atoms with Crippen molar-refractivity contribution in [2.24, 2.45) is 11.3 Å². The minimum Gasteiger partial charge on any atom is -0.356 e. The zero-order chi connectivity index (χ0) is 19.9. The number of benzene rings is 1. The maximum absolute atomic E-state index is 12.4. The minimum absolute atomic E-state index is 0.0457. The third-order valence-electron chi connectivity index (χ3n) is 5.46. The zero-order valence-corrected chi connectivity index (χ0v) is 17.5. The maximum atomic E-state index is 12.4. The van der Waals surface area contributed by atoms with Crippen molar-refractivity contribution in [2.75, 3.05) is 19.6 Å². The number of piperidine rings is 1. The molecule has 0 atom stereocenters. The molecule has 1 saturated heterocycles. The lowest BCUT2D eigenvalue weighted by atomic mass is 9.90. The Hall–Kier alpha value is -1.84. The fourth-order valence-electron chi connectivity index (χ4n) is 3.46. The summed E-state index contributed by atoms with van der Waals surface area (Å²) in [6, 6.07) is 8.82. The molecule has 4 nitrogen and oxygen atoms in total. The van der Waals surface area contributed by atoms with Crippen LogP contribution in [0.25, 0.3) is 0 Å². The molecule has 150 valence electrons. The Kier molecular flexibility index (Phi) is 7.88. The van der Waals surface area contributed by atoms with Crippen molar-refractivity contribution in [3.63, 3.8) is 0 Å². The number of carbonyl (C=O) groups is 2. The summed E-state index contributed by atoms with van der Waals surface area (Å²) in [5, 5.41) is 2.91. The molecule has 0 radical (unpaired) electrons. The largest absolute Gasteiger partial charge is 0.356 e. The van der Waals surface area contributed by atoms with Gasteiger partial charge in [-0.05, 0) is 50.5 Å². The Balaban J connectivity index is 1.61. The highest BCUT2D eigenvalue weighted by Gasteiger charge is 2.23. The van der Waals surface area contributed by atoms with Crippen LogP contribution in [0.4, 0.5) is 0 Å². The second-order valence-corrected chi connectivity index (χ2v) is 8.96. The van der Waals surface area contributed by atoms with Crippen LogP contribution >= 0.6 is 0 Å². The van der Waals surface area contributed by atoms with Gasteiger partial charge in [-0.25, -0.2) is 0 Å². The zero-order valence-electron chi connectivity index (χ0n) is 17.5. The molecule has 1 aliphatic heterocycles. The van der Waals surface area contributed by atoms with E-state index in [0.29, 0.717) is 19.4 Å². The molecule has 2 rings (SSSR count). The van der Waals surface area contributed by atoms with Crippen LogP contribution in [0, 0.1) is 18.3 Å². The smallest absolute Gasteiger partial charge is 0.225 e. The molecule has 0 unspecified atom stereocenters. The number of aryl methyl sites for hydroxylation is 2. The summed E-state index contributed by atoms with van der Waals surface area (Å²) >= 11 is 0. The van der Waals surface area contributed by atoms with E-state index in [1.165, 1.54) is 17.5 Å². The van der Waals surface area contributed by atoms with Crippen molar-refractivity contribution in [1.82, 2.24) is 10.2 Å². The van der Waals surface area contributed by atoms with Crippen LogP contribution in [0.5, 0.6) is 0 Å². The lowest BCUT2D eigenvalue weighted by Gasteiger charge is -2.32. The van der Waals surface area contributed by atoms with E-state index in [9.17, 15) is 9.59 Å². The van der Waals surface area contributed by atoms with E-state index in [-0.39, 0.29) is 17.2 Å². The van der Waals surface area contributed by atoms with E-state index in [1.807, 2.05) is 25.7 Å². The Morgan fingerprint density at radius 3 is 2.33 bits per heavy atom. The third-order valence-corrected chi connectivity index (χ3v) is 5.46. The third kappa shape index (κ3) is 7.36. The molecule has 1 fully saturated rings. The molecule has 0 aromatic heterocycles. The number of hydrogen-bond donors (Lipinski definition) is 1. The topological polar surface area (TPSA) is 49.4 Å². The average Bonchev–Trinajstić information content (AvgIpc) is 2.64. The molecule has 27 heavy (non-hydrogen) atoms. The Morgan fingerprint density at radius 1 is 1.11 bits per heavy atom. The van der Waals surface area contributed by atoms with Gasteiger partial charge in [-0.2, -0.15) is 0 Å². The summed E-state index contributed by atoms with van der Waals surface area (Å²) in [5.74, 6) is 1.00. The lowest BCUT2D eigenvalue weighted by molar-refractivity contribution is -0.133. The first-order valence-corrected chi connectivity index (χ1v) is 10.4. The van der Waals surface area contributed by atoms with E-state index in [2.05, 4.69) is 36.5 Å². The number of likely N-dealkylation sites (tertiary alicyclic amines) is 1. The van der Waals surface area contributed by atoms with Crippen molar-refractivity contribution in [3.8, 4) is 0 Å². The molecule has 0 bridgehead atoms. The molecule has 0 spiro atoms. The average molecular weight is 373 g/mol. The summed E-state index contributed by atoms with van der Waals surface area (Å²) in [7, 11) is 0. The quantitative estimate of drug-likeness (QED) is 0.732. The molecule has 1 heterocycles. The fraction of sp³-hybridized carbons (Fsp3) is 0.652. The molecule has 1 aliphatic rings. The lowest BCUT2D eigenvalue weighted by Crippen LogP contribution is -2.39. The molecule has 0 aliphatic carbocycles. The SMILES string of the molecule is Cc1ccc(CCC2CCN(C(=O)CCCNC(=O)C(C)(C)C)CC2)cc1. The van der Waals surface area contributed by atoms with E-state index >= 15 is 0 Å². The fourth-order valence-corrected chi connectivity index (χ4v) is 3.46. The molecule has 1 aromatic rings. The van der Waals surface area contributed by atoms with Crippen LogP contribution < -0.4 is 5.32 Å². The predicted molar refractivity (Wildman–Crippen MR) is 111 cm³/mol. The minimum atomic E-state index is -0.371. The van der Waals surface area contributed by atoms with Crippen molar-refractivity contribution in [1.29, 1.82) is 0 Å². The van der Waals surface area contributed by atoms with Crippen LogP contribution in [0.1, 0.15) is 64.0 Å². The van der Waals surface area contributed by atoms with Crippen molar-refractivity contribution < 1.29 is 9.59 Å². The number of rotatable bonds is 7. The predicted octanol–water partition coefficient (Wildman–Crippen LogP) is 4.11. The number of nitrogens with zero attached hydrogens (tertiary/aromatic N) is 1. The van der Waals surface area contributed by atoms with Crippen molar-refractivity contribution in [3.05, 3.63) is 35.4 Å². The van der Waals surface area contributed by atoms with Gasteiger partial charge in [-0.1, -0.05) is 50.6 Å². The first-order chi connectivity index (χ1) is 12.8. The molecule has 0 saturated carbocycles. The summed E-state index contributed by atoms with van der Waals surface area (Å²) in [5.41, 5.74) is 2.35. The molecule has 1 aromatic carbocycles. The molecular weight excluding hydrogens is 336 g/mol. The summed E-state index contributed by atoms with van der Waals surface area (Å²) in [4.78, 5) is 26.2. The van der Waals surface area contributed by atoms with Gasteiger partial charge in [-0.15, -0.1) is 0 Å². The van der Waals surface area contributed by atoms with Gasteiger partial charge in [0.1, 0.15) is 0 Å². The van der Waals surface area contributed by atoms with Crippen molar-refractivity contribution in [2.45, 2.75) is 66.2 Å².